The number of rotatable bonds is 6. The number of benzene rings is 2. The van der Waals surface area contributed by atoms with E-state index < -0.39 is 30.1 Å². The molecule has 0 saturated heterocycles. The predicted octanol–water partition coefficient (Wildman–Crippen LogP) is 3.16. The Kier molecular flexibility index (Phi) is 5.83. The second-order valence-electron chi connectivity index (χ2n) is 4.68. The molecule has 0 aliphatic heterocycles. The van der Waals surface area contributed by atoms with Crippen LogP contribution < -0.4 is 10.1 Å². The summed E-state index contributed by atoms with van der Waals surface area (Å²) in [5.41, 5.74) is 0.254. The zero-order valence-corrected chi connectivity index (χ0v) is 12.8. The molecule has 5 nitrogen and oxygen atoms in total. The summed E-state index contributed by atoms with van der Waals surface area (Å²) in [6.45, 7) is 1.58. The van der Waals surface area contributed by atoms with Crippen LogP contribution in [0.15, 0.2) is 42.5 Å². The number of esters is 1. The minimum Gasteiger partial charge on any atom is -0.493 e. The van der Waals surface area contributed by atoms with Crippen molar-refractivity contribution in [3.8, 4) is 5.75 Å². The molecule has 7 heteroatoms. The van der Waals surface area contributed by atoms with Crippen LogP contribution >= 0.6 is 0 Å². The lowest BCUT2D eigenvalue weighted by molar-refractivity contribution is -0.119. The van der Waals surface area contributed by atoms with Gasteiger partial charge in [-0.1, -0.05) is 12.1 Å². The highest BCUT2D eigenvalue weighted by Crippen LogP contribution is 2.19. The fourth-order valence-corrected chi connectivity index (χ4v) is 1.90. The van der Waals surface area contributed by atoms with Crippen molar-refractivity contribution in [2.75, 3.05) is 18.5 Å². The van der Waals surface area contributed by atoms with Crippen LogP contribution in [-0.4, -0.2) is 25.1 Å². The molecule has 0 atom stereocenters. The number of nitrogens with one attached hydrogen (secondary N) is 1. The Hall–Kier alpha value is -2.96. The average molecular weight is 335 g/mol. The first-order chi connectivity index (χ1) is 11.5. The number of hydrogen-bond acceptors (Lipinski definition) is 4. The summed E-state index contributed by atoms with van der Waals surface area (Å²) in [5.74, 6) is -3.16. The predicted molar refractivity (Wildman–Crippen MR) is 82.9 cm³/mol. The lowest BCUT2D eigenvalue weighted by Gasteiger charge is -2.10. The van der Waals surface area contributed by atoms with Gasteiger partial charge in [0.2, 0.25) is 0 Å². The summed E-state index contributed by atoms with van der Waals surface area (Å²) in [6, 6.07) is 9.39. The zero-order valence-electron chi connectivity index (χ0n) is 12.8. The van der Waals surface area contributed by atoms with Crippen LogP contribution in [0.5, 0.6) is 5.75 Å². The maximum Gasteiger partial charge on any atom is 0.342 e. The Labute approximate surface area is 137 Å². The zero-order chi connectivity index (χ0) is 17.5. The van der Waals surface area contributed by atoms with Gasteiger partial charge < -0.3 is 14.8 Å². The van der Waals surface area contributed by atoms with E-state index in [1.165, 1.54) is 12.1 Å². The van der Waals surface area contributed by atoms with Gasteiger partial charge in [0, 0.05) is 11.8 Å². The van der Waals surface area contributed by atoms with E-state index in [-0.39, 0.29) is 11.3 Å². The third kappa shape index (κ3) is 4.52. The van der Waals surface area contributed by atoms with Gasteiger partial charge >= 0.3 is 5.97 Å². The second kappa shape index (κ2) is 8.05. The fraction of sp³-hybridized carbons (Fsp3) is 0.176. The van der Waals surface area contributed by atoms with E-state index in [0.717, 1.165) is 12.1 Å². The number of carbonyl (C=O) groups is 2. The highest BCUT2D eigenvalue weighted by atomic mass is 19.2. The largest absolute Gasteiger partial charge is 0.493 e. The monoisotopic (exact) mass is 335 g/mol. The van der Waals surface area contributed by atoms with Crippen LogP contribution in [0.3, 0.4) is 0 Å². The van der Waals surface area contributed by atoms with E-state index in [1.807, 2.05) is 0 Å². The van der Waals surface area contributed by atoms with Crippen LogP contribution in [0.4, 0.5) is 14.5 Å². The molecule has 0 heterocycles. The second-order valence-corrected chi connectivity index (χ2v) is 4.68. The molecule has 2 rings (SSSR count). The van der Waals surface area contributed by atoms with Gasteiger partial charge in [0.05, 0.1) is 6.61 Å². The number of amides is 1. The minimum absolute atomic E-state index is 0.0599. The van der Waals surface area contributed by atoms with Crippen LogP contribution in [0.1, 0.15) is 17.3 Å². The Morgan fingerprint density at radius 2 is 1.83 bits per heavy atom. The van der Waals surface area contributed by atoms with Crippen LogP contribution in [0.2, 0.25) is 0 Å². The summed E-state index contributed by atoms with van der Waals surface area (Å²) in [7, 11) is 0. The molecule has 0 unspecified atom stereocenters. The van der Waals surface area contributed by atoms with Gasteiger partial charge in [-0.25, -0.2) is 13.6 Å². The number of anilines is 1. The molecule has 0 spiro atoms. The van der Waals surface area contributed by atoms with Gasteiger partial charge in [0.15, 0.2) is 18.2 Å². The molecule has 126 valence electrons. The smallest absolute Gasteiger partial charge is 0.342 e. The van der Waals surface area contributed by atoms with Crippen molar-refractivity contribution >= 4 is 17.6 Å². The molecule has 2 aromatic rings. The molecule has 0 aliphatic rings. The molecule has 0 aromatic heterocycles. The quantitative estimate of drug-likeness (QED) is 0.824. The summed E-state index contributed by atoms with van der Waals surface area (Å²) >= 11 is 0. The van der Waals surface area contributed by atoms with E-state index in [9.17, 15) is 18.4 Å². The van der Waals surface area contributed by atoms with Crippen molar-refractivity contribution in [1.82, 2.24) is 0 Å². The SMILES string of the molecule is CCOc1ccccc1C(=O)OCC(=O)Nc1ccc(F)c(F)c1. The number of para-hydroxylation sites is 1. The molecule has 0 fully saturated rings. The molecule has 1 amide bonds. The molecule has 2 aromatic carbocycles. The third-order valence-corrected chi connectivity index (χ3v) is 2.94. The molecule has 24 heavy (non-hydrogen) atoms. The fourth-order valence-electron chi connectivity index (χ4n) is 1.90. The standard InChI is InChI=1S/C17H15F2NO4/c1-2-23-15-6-4-3-5-12(15)17(22)24-10-16(21)20-11-7-8-13(18)14(19)9-11/h3-9H,2,10H2,1H3,(H,20,21). The molecule has 1 N–H and O–H groups in total. The first-order valence-corrected chi connectivity index (χ1v) is 7.15. The Bertz CT molecular complexity index is 749. The first-order valence-electron chi connectivity index (χ1n) is 7.15. The Balaban J connectivity index is 1.94. The summed E-state index contributed by atoms with van der Waals surface area (Å²) in [4.78, 5) is 23.7. The number of ether oxygens (including phenoxy) is 2. The van der Waals surface area contributed by atoms with Crippen molar-refractivity contribution in [2.24, 2.45) is 0 Å². The Morgan fingerprint density at radius 3 is 2.54 bits per heavy atom. The van der Waals surface area contributed by atoms with E-state index in [2.05, 4.69) is 5.32 Å². The van der Waals surface area contributed by atoms with Crippen LogP contribution in [-0.2, 0) is 9.53 Å². The normalized spacial score (nSPS) is 10.1. The van der Waals surface area contributed by atoms with E-state index in [0.29, 0.717) is 12.4 Å². The maximum atomic E-state index is 13.1. The molecule has 0 bridgehead atoms. The lowest BCUT2D eigenvalue weighted by Crippen LogP contribution is -2.21. The van der Waals surface area contributed by atoms with Gasteiger partial charge in [-0.3, -0.25) is 4.79 Å². The molecule has 0 saturated carbocycles. The third-order valence-electron chi connectivity index (χ3n) is 2.94. The number of hydrogen-bond donors (Lipinski definition) is 1. The van der Waals surface area contributed by atoms with Gasteiger partial charge in [0.1, 0.15) is 11.3 Å². The number of carbonyl (C=O) groups excluding carboxylic acids is 2. The van der Waals surface area contributed by atoms with Gasteiger partial charge in [-0.15, -0.1) is 0 Å². The van der Waals surface area contributed by atoms with Gasteiger partial charge in [-0.05, 0) is 31.2 Å². The lowest BCUT2D eigenvalue weighted by atomic mass is 10.2. The van der Waals surface area contributed by atoms with E-state index >= 15 is 0 Å². The highest BCUT2D eigenvalue weighted by molar-refractivity contribution is 5.96. The van der Waals surface area contributed by atoms with Crippen molar-refractivity contribution in [2.45, 2.75) is 6.92 Å². The van der Waals surface area contributed by atoms with E-state index in [4.69, 9.17) is 9.47 Å². The summed E-state index contributed by atoms with van der Waals surface area (Å²) < 4.78 is 36.1. The average Bonchev–Trinajstić information content (AvgIpc) is 2.57. The van der Waals surface area contributed by atoms with Crippen molar-refractivity contribution in [3.05, 3.63) is 59.7 Å². The van der Waals surface area contributed by atoms with Crippen molar-refractivity contribution in [3.63, 3.8) is 0 Å². The minimum atomic E-state index is -1.09. The Morgan fingerprint density at radius 1 is 1.08 bits per heavy atom. The topological polar surface area (TPSA) is 64.6 Å². The van der Waals surface area contributed by atoms with Crippen LogP contribution in [0.25, 0.3) is 0 Å². The highest BCUT2D eigenvalue weighted by Gasteiger charge is 2.15. The molecule has 0 aliphatic carbocycles. The van der Waals surface area contributed by atoms with Crippen molar-refractivity contribution < 1.29 is 27.8 Å². The molecular formula is C17H15F2NO4. The maximum absolute atomic E-state index is 13.1. The summed E-state index contributed by atoms with van der Waals surface area (Å²) in [5, 5.41) is 2.30. The van der Waals surface area contributed by atoms with E-state index in [1.54, 1.807) is 25.1 Å². The molecule has 0 radical (unpaired) electrons. The van der Waals surface area contributed by atoms with Crippen molar-refractivity contribution in [1.29, 1.82) is 0 Å². The van der Waals surface area contributed by atoms with Crippen LogP contribution in [0, 0.1) is 11.6 Å². The van der Waals surface area contributed by atoms with Gasteiger partial charge in [0.25, 0.3) is 5.91 Å². The summed E-state index contributed by atoms with van der Waals surface area (Å²) in [6.07, 6.45) is 0. The first kappa shape index (κ1) is 17.4. The molecular weight excluding hydrogens is 320 g/mol. The van der Waals surface area contributed by atoms with Gasteiger partial charge in [-0.2, -0.15) is 0 Å². The number of halogens is 2.